The smallest absolute Gasteiger partial charge is 0.332 e. The molecule has 0 N–H and O–H groups in total. The van der Waals surface area contributed by atoms with E-state index in [9.17, 15) is 50.6 Å². The van der Waals surface area contributed by atoms with Gasteiger partial charge in [-0.1, -0.05) is 0 Å². The number of hydrogen-bond acceptors (Lipinski definition) is 10. The summed E-state index contributed by atoms with van der Waals surface area (Å²) in [4.78, 5) is 54.2. The Morgan fingerprint density at radius 2 is 1.00 bits per heavy atom. The zero-order chi connectivity index (χ0) is 26.3. The fraction of sp³-hybridized carbons (Fsp3) is 0.111. The zero-order valence-corrected chi connectivity index (χ0v) is 17.7. The summed E-state index contributed by atoms with van der Waals surface area (Å²) < 4.78 is 1.77. The predicted molar refractivity (Wildman–Crippen MR) is 119 cm³/mol. The molecule has 0 amide bonds. The van der Waals surface area contributed by atoms with Crippen LogP contribution in [0, 0.1) is 50.6 Å². The second kappa shape index (κ2) is 8.59. The first kappa shape index (κ1) is 23.5. The monoisotopic (exact) mass is 500 g/mol. The maximum atomic E-state index is 11.8. The molecule has 18 heteroatoms. The maximum Gasteiger partial charge on any atom is 0.332 e. The van der Waals surface area contributed by atoms with Gasteiger partial charge in [0.2, 0.25) is 13.3 Å². The van der Waals surface area contributed by atoms with Crippen LogP contribution in [0.3, 0.4) is 0 Å². The lowest BCUT2D eigenvalue weighted by molar-refractivity contribution is -0.671. The van der Waals surface area contributed by atoms with Crippen molar-refractivity contribution >= 4 is 44.6 Å². The molecular formula is C18H12N8O10. The van der Waals surface area contributed by atoms with Crippen LogP contribution in [0.25, 0.3) is 21.5 Å². The van der Waals surface area contributed by atoms with Crippen molar-refractivity contribution in [3.63, 3.8) is 0 Å². The van der Waals surface area contributed by atoms with Crippen molar-refractivity contribution in [1.29, 1.82) is 0 Å². The fourth-order valence-electron chi connectivity index (χ4n) is 3.84. The van der Waals surface area contributed by atoms with Gasteiger partial charge in [0.1, 0.15) is 12.4 Å². The van der Waals surface area contributed by atoms with Crippen molar-refractivity contribution in [2.24, 2.45) is 0 Å². The summed E-state index contributed by atoms with van der Waals surface area (Å²) in [6.45, 7) is -1.50. The maximum absolute atomic E-state index is 11.8. The van der Waals surface area contributed by atoms with Gasteiger partial charge in [-0.25, -0.2) is 19.2 Å². The van der Waals surface area contributed by atoms with Gasteiger partial charge in [0.15, 0.2) is 5.03 Å². The molecule has 0 fully saturated rings. The Balaban J connectivity index is 1.77. The standard InChI is InChI=1S/C18H12N8O10/c27-22(28)13-1-3-15-11(5-13)7-19(17(15)24(31)32)9-21(26(35)36)10-20-8-12-6-14(23(29)30)2-4-16(12)18(20)25(33)34/h1-8H,9-10H2. The number of nitro groups is 5. The first-order chi connectivity index (χ1) is 17.0. The highest BCUT2D eigenvalue weighted by Gasteiger charge is 2.31. The highest BCUT2D eigenvalue weighted by Crippen LogP contribution is 2.33. The molecule has 18 nitrogen and oxygen atoms in total. The van der Waals surface area contributed by atoms with E-state index in [-0.39, 0.29) is 32.9 Å². The summed E-state index contributed by atoms with van der Waals surface area (Å²) in [5.41, 5.74) is -0.686. The molecule has 2 aromatic carbocycles. The molecule has 184 valence electrons. The van der Waals surface area contributed by atoms with E-state index in [1.165, 1.54) is 0 Å². The lowest BCUT2D eigenvalue weighted by Crippen LogP contribution is -2.34. The SMILES string of the molecule is O=[N+]([O-])c1ccc2c([N+](=O)[O-])n(CN(Cn3cc4cc([N+](=O)[O-])ccc4c3[N+](=O)[O-])[N+](=O)[O-])cc2c1. The van der Waals surface area contributed by atoms with E-state index in [1.807, 2.05) is 0 Å². The molecule has 0 spiro atoms. The quantitative estimate of drug-likeness (QED) is 0.239. The second-order valence-corrected chi connectivity index (χ2v) is 7.44. The largest absolute Gasteiger partial charge is 0.358 e. The first-order valence-electron chi connectivity index (χ1n) is 9.70. The summed E-state index contributed by atoms with van der Waals surface area (Å²) >= 11 is 0. The van der Waals surface area contributed by atoms with Crippen LogP contribution >= 0.6 is 0 Å². The first-order valence-corrected chi connectivity index (χ1v) is 9.70. The average molecular weight is 500 g/mol. The van der Waals surface area contributed by atoms with Crippen molar-refractivity contribution in [3.05, 3.63) is 99.4 Å². The Kier molecular flexibility index (Phi) is 5.60. The molecule has 0 aliphatic carbocycles. The predicted octanol–water partition coefficient (Wildman–Crippen LogP) is 3.34. The van der Waals surface area contributed by atoms with Crippen molar-refractivity contribution < 1.29 is 24.7 Å². The molecular weight excluding hydrogens is 488 g/mol. The number of non-ortho nitro benzene ring substituents is 2. The minimum absolute atomic E-state index is 0.00103. The summed E-state index contributed by atoms with van der Waals surface area (Å²) in [7, 11) is 0. The van der Waals surface area contributed by atoms with Crippen LogP contribution in [0.2, 0.25) is 0 Å². The highest BCUT2D eigenvalue weighted by atomic mass is 16.7. The summed E-state index contributed by atoms with van der Waals surface area (Å²) in [6.07, 6.45) is 2.25. The van der Waals surface area contributed by atoms with Crippen LogP contribution in [0.15, 0.2) is 48.8 Å². The van der Waals surface area contributed by atoms with Gasteiger partial charge >= 0.3 is 11.6 Å². The summed E-state index contributed by atoms with van der Waals surface area (Å²) in [6, 6.07) is 6.55. The van der Waals surface area contributed by atoms with E-state index >= 15 is 0 Å². The van der Waals surface area contributed by atoms with Gasteiger partial charge in [-0.05, 0) is 27.0 Å². The minimum atomic E-state index is -0.923. The van der Waals surface area contributed by atoms with Crippen LogP contribution in [0.5, 0.6) is 0 Å². The molecule has 0 radical (unpaired) electrons. The normalized spacial score (nSPS) is 11.0. The molecule has 0 bridgehead atoms. The molecule has 4 aromatic rings. The van der Waals surface area contributed by atoms with E-state index in [2.05, 4.69) is 0 Å². The van der Waals surface area contributed by atoms with Gasteiger partial charge < -0.3 is 20.2 Å². The van der Waals surface area contributed by atoms with Crippen LogP contribution in [-0.2, 0) is 13.3 Å². The van der Waals surface area contributed by atoms with Gasteiger partial charge in [-0.2, -0.15) is 0 Å². The zero-order valence-electron chi connectivity index (χ0n) is 17.7. The van der Waals surface area contributed by atoms with Crippen molar-refractivity contribution in [1.82, 2.24) is 14.1 Å². The van der Waals surface area contributed by atoms with E-state index in [1.54, 1.807) is 0 Å². The topological polar surface area (TPSA) is 229 Å². The van der Waals surface area contributed by atoms with Crippen LogP contribution < -0.4 is 0 Å². The van der Waals surface area contributed by atoms with Crippen LogP contribution in [0.1, 0.15) is 0 Å². The number of hydrazine groups is 1. The molecule has 2 heterocycles. The van der Waals surface area contributed by atoms with Crippen molar-refractivity contribution in [2.75, 3.05) is 0 Å². The van der Waals surface area contributed by atoms with Gasteiger partial charge in [0.25, 0.3) is 11.4 Å². The lowest BCUT2D eigenvalue weighted by atomic mass is 10.2. The Bertz CT molecular complexity index is 1490. The Labute approximate surface area is 196 Å². The highest BCUT2D eigenvalue weighted by molar-refractivity contribution is 5.93. The number of hydrogen-bond donors (Lipinski definition) is 0. The summed E-state index contributed by atoms with van der Waals surface area (Å²) in [5, 5.41) is 56.9. The Morgan fingerprint density at radius 3 is 1.31 bits per heavy atom. The summed E-state index contributed by atoms with van der Waals surface area (Å²) in [5.74, 6) is -1.15. The Morgan fingerprint density at radius 1 is 0.611 bits per heavy atom. The Hall–Kier alpha value is -5.68. The average Bonchev–Trinajstić information content (AvgIpc) is 3.34. The lowest BCUT2D eigenvalue weighted by Gasteiger charge is -2.12. The molecule has 0 aliphatic heterocycles. The molecule has 0 saturated carbocycles. The van der Waals surface area contributed by atoms with Gasteiger partial charge in [0, 0.05) is 35.0 Å². The third-order valence-electron chi connectivity index (χ3n) is 5.32. The number of benzene rings is 2. The fourth-order valence-corrected chi connectivity index (χ4v) is 3.84. The molecule has 0 unspecified atom stereocenters. The molecule has 2 aromatic heterocycles. The molecule has 36 heavy (non-hydrogen) atoms. The minimum Gasteiger partial charge on any atom is -0.358 e. The molecule has 0 aliphatic rings. The number of nitro benzene ring substituents is 2. The van der Waals surface area contributed by atoms with E-state index < -0.39 is 49.7 Å². The van der Waals surface area contributed by atoms with E-state index in [4.69, 9.17) is 0 Å². The van der Waals surface area contributed by atoms with Crippen LogP contribution in [-0.4, -0.2) is 38.9 Å². The molecule has 4 rings (SSSR count). The van der Waals surface area contributed by atoms with E-state index in [0.717, 1.165) is 57.9 Å². The number of rotatable bonds is 9. The van der Waals surface area contributed by atoms with Gasteiger partial charge in [-0.3, -0.25) is 20.2 Å². The number of aromatic nitrogens is 2. The third kappa shape index (κ3) is 4.04. The second-order valence-electron chi connectivity index (χ2n) is 7.44. The van der Waals surface area contributed by atoms with Crippen molar-refractivity contribution in [3.8, 4) is 0 Å². The molecule has 0 saturated heterocycles. The van der Waals surface area contributed by atoms with Crippen LogP contribution in [0.4, 0.5) is 23.0 Å². The third-order valence-corrected chi connectivity index (χ3v) is 5.32. The van der Waals surface area contributed by atoms with Gasteiger partial charge in [-0.15, -0.1) is 0 Å². The van der Waals surface area contributed by atoms with Gasteiger partial charge in [0.05, 0.1) is 20.6 Å². The van der Waals surface area contributed by atoms with Crippen molar-refractivity contribution in [2.45, 2.75) is 13.3 Å². The molecule has 0 atom stereocenters. The van der Waals surface area contributed by atoms with E-state index in [0.29, 0.717) is 5.01 Å². The number of fused-ring (bicyclic) bond motifs is 2. The number of nitrogens with zero attached hydrogens (tertiary/aromatic N) is 8.